The van der Waals surface area contributed by atoms with E-state index in [1.54, 1.807) is 30.5 Å². The number of benzene rings is 1. The first-order chi connectivity index (χ1) is 9.74. The first-order valence-electron chi connectivity index (χ1n) is 6.04. The smallest absolute Gasteiger partial charge is 0.270 e. The molecule has 6 heteroatoms. The third-order valence-corrected chi connectivity index (χ3v) is 3.44. The molecule has 1 aliphatic rings. The van der Waals surface area contributed by atoms with E-state index in [-0.39, 0.29) is 12.5 Å². The third-order valence-electron chi connectivity index (χ3n) is 2.80. The Bertz CT molecular complexity index is 648. The molecule has 0 saturated heterocycles. The van der Waals surface area contributed by atoms with Crippen LogP contribution in [-0.2, 0) is 4.79 Å². The number of nitrogens with zero attached hydrogens (tertiary/aromatic N) is 1. The van der Waals surface area contributed by atoms with Crippen LogP contribution in [-0.4, -0.2) is 23.6 Å². The molecule has 2 heterocycles. The number of aromatic nitrogens is 1. The summed E-state index contributed by atoms with van der Waals surface area (Å²) in [5, 5.41) is 2.71. The minimum absolute atomic E-state index is 0.174. The maximum absolute atomic E-state index is 12.2. The monoisotopic (exact) mass is 334 g/mol. The van der Waals surface area contributed by atoms with Crippen molar-refractivity contribution >= 4 is 27.7 Å². The molecule has 0 saturated carbocycles. The van der Waals surface area contributed by atoms with Gasteiger partial charge >= 0.3 is 0 Å². The minimum atomic E-state index is -0.696. The zero-order chi connectivity index (χ0) is 13.9. The number of amides is 1. The molecule has 1 amide bonds. The number of hydrogen-bond acceptors (Lipinski definition) is 4. The summed E-state index contributed by atoms with van der Waals surface area (Å²) in [5.41, 5.74) is 0. The summed E-state index contributed by atoms with van der Waals surface area (Å²) >= 11 is 3.33. The van der Waals surface area contributed by atoms with Crippen LogP contribution in [0.4, 0.5) is 5.82 Å². The summed E-state index contributed by atoms with van der Waals surface area (Å²) in [6.45, 7) is 0.174. The van der Waals surface area contributed by atoms with Crippen molar-refractivity contribution in [2.75, 3.05) is 11.9 Å². The quantitative estimate of drug-likeness (QED) is 0.917. The van der Waals surface area contributed by atoms with Crippen LogP contribution >= 0.6 is 15.9 Å². The fraction of sp³-hybridized carbons (Fsp3) is 0.143. The summed E-state index contributed by atoms with van der Waals surface area (Å²) in [7, 11) is 0. The van der Waals surface area contributed by atoms with Crippen LogP contribution in [0.5, 0.6) is 11.5 Å². The van der Waals surface area contributed by atoms with E-state index in [1.165, 1.54) is 0 Å². The fourth-order valence-corrected chi connectivity index (χ4v) is 2.18. The number of hydrogen-bond donors (Lipinski definition) is 1. The zero-order valence-electron chi connectivity index (χ0n) is 10.4. The first-order valence-corrected chi connectivity index (χ1v) is 6.83. The van der Waals surface area contributed by atoms with Crippen LogP contribution in [0.3, 0.4) is 0 Å². The topological polar surface area (TPSA) is 60.5 Å². The highest BCUT2D eigenvalue weighted by molar-refractivity contribution is 9.10. The average Bonchev–Trinajstić information content (AvgIpc) is 2.49. The molecular weight excluding hydrogens is 324 g/mol. The van der Waals surface area contributed by atoms with Crippen LogP contribution in [0.1, 0.15) is 0 Å². The van der Waals surface area contributed by atoms with Gasteiger partial charge in [-0.05, 0) is 40.2 Å². The summed E-state index contributed by atoms with van der Waals surface area (Å²) in [4.78, 5) is 16.2. The van der Waals surface area contributed by atoms with Gasteiger partial charge in [-0.1, -0.05) is 12.1 Å². The molecule has 0 aliphatic carbocycles. The van der Waals surface area contributed by atoms with Gasteiger partial charge in [0.2, 0.25) is 6.10 Å². The third kappa shape index (κ3) is 2.60. The van der Waals surface area contributed by atoms with Crippen molar-refractivity contribution in [3.05, 3.63) is 47.1 Å². The molecule has 1 aromatic carbocycles. The highest BCUT2D eigenvalue weighted by Crippen LogP contribution is 2.31. The van der Waals surface area contributed by atoms with Crippen LogP contribution < -0.4 is 14.8 Å². The van der Waals surface area contributed by atoms with Crippen molar-refractivity contribution in [2.24, 2.45) is 0 Å². The molecule has 5 nitrogen and oxygen atoms in total. The molecule has 102 valence electrons. The van der Waals surface area contributed by atoms with Gasteiger partial charge in [-0.15, -0.1) is 0 Å². The van der Waals surface area contributed by atoms with E-state index in [1.807, 2.05) is 12.1 Å². The number of anilines is 1. The maximum atomic E-state index is 12.2. The Labute approximate surface area is 124 Å². The second-order valence-electron chi connectivity index (χ2n) is 4.19. The van der Waals surface area contributed by atoms with Crippen LogP contribution in [0.25, 0.3) is 0 Å². The standard InChI is InChI=1S/C14H11BrN2O3/c15-9-4-3-7-16-13(9)17-14(18)12-8-19-10-5-1-2-6-11(10)20-12/h1-7,12H,8H2,(H,16,17,18). The highest BCUT2D eigenvalue weighted by Gasteiger charge is 2.27. The predicted molar refractivity (Wildman–Crippen MR) is 76.9 cm³/mol. The largest absolute Gasteiger partial charge is 0.485 e. The minimum Gasteiger partial charge on any atom is -0.485 e. The molecule has 0 radical (unpaired) electrons. The Morgan fingerprint density at radius 2 is 2.05 bits per heavy atom. The normalized spacial score (nSPS) is 16.6. The second kappa shape index (κ2) is 5.50. The van der Waals surface area contributed by atoms with Gasteiger partial charge in [-0.3, -0.25) is 4.79 Å². The number of carbonyl (C=O) groups is 1. The molecule has 0 fully saturated rings. The number of fused-ring (bicyclic) bond motifs is 1. The molecule has 0 spiro atoms. The van der Waals surface area contributed by atoms with Crippen molar-refractivity contribution < 1.29 is 14.3 Å². The van der Waals surface area contributed by atoms with Crippen LogP contribution in [0.2, 0.25) is 0 Å². The van der Waals surface area contributed by atoms with E-state index >= 15 is 0 Å². The Morgan fingerprint density at radius 3 is 2.85 bits per heavy atom. The molecule has 1 aliphatic heterocycles. The van der Waals surface area contributed by atoms with Gasteiger partial charge in [-0.25, -0.2) is 4.98 Å². The lowest BCUT2D eigenvalue weighted by Crippen LogP contribution is -2.40. The number of rotatable bonds is 2. The highest BCUT2D eigenvalue weighted by atomic mass is 79.9. The van der Waals surface area contributed by atoms with Gasteiger partial charge in [0, 0.05) is 6.20 Å². The van der Waals surface area contributed by atoms with Gasteiger partial charge in [0.05, 0.1) is 4.47 Å². The first kappa shape index (κ1) is 12.9. The number of halogens is 1. The van der Waals surface area contributed by atoms with E-state index in [0.29, 0.717) is 21.8 Å². The summed E-state index contributed by atoms with van der Waals surface area (Å²) in [6, 6.07) is 10.8. The van der Waals surface area contributed by atoms with Crippen molar-refractivity contribution in [2.45, 2.75) is 6.10 Å². The Hall–Kier alpha value is -2.08. The van der Waals surface area contributed by atoms with E-state index in [0.717, 1.165) is 0 Å². The van der Waals surface area contributed by atoms with Gasteiger partial charge in [-0.2, -0.15) is 0 Å². The molecule has 1 atom stereocenters. The molecule has 3 rings (SSSR count). The average molecular weight is 335 g/mol. The number of carbonyl (C=O) groups excluding carboxylic acids is 1. The molecular formula is C14H11BrN2O3. The van der Waals surface area contributed by atoms with Crippen LogP contribution in [0, 0.1) is 0 Å². The van der Waals surface area contributed by atoms with Gasteiger partial charge in [0.1, 0.15) is 12.4 Å². The Kier molecular flexibility index (Phi) is 3.56. The van der Waals surface area contributed by atoms with Gasteiger partial charge < -0.3 is 14.8 Å². The SMILES string of the molecule is O=C(Nc1ncccc1Br)C1COc2ccccc2O1. The van der Waals surface area contributed by atoms with Gasteiger partial charge in [0.15, 0.2) is 11.5 Å². The zero-order valence-corrected chi connectivity index (χ0v) is 12.0. The van der Waals surface area contributed by atoms with Crippen molar-refractivity contribution in [1.29, 1.82) is 0 Å². The second-order valence-corrected chi connectivity index (χ2v) is 5.04. The molecule has 1 aromatic heterocycles. The lowest BCUT2D eigenvalue weighted by Gasteiger charge is -2.25. The van der Waals surface area contributed by atoms with Crippen molar-refractivity contribution in [3.63, 3.8) is 0 Å². The molecule has 1 N–H and O–H groups in total. The van der Waals surface area contributed by atoms with Crippen molar-refractivity contribution in [1.82, 2.24) is 4.98 Å². The number of ether oxygens (including phenoxy) is 2. The van der Waals surface area contributed by atoms with E-state index < -0.39 is 6.10 Å². The number of para-hydroxylation sites is 2. The Morgan fingerprint density at radius 1 is 1.25 bits per heavy atom. The van der Waals surface area contributed by atoms with E-state index in [9.17, 15) is 4.79 Å². The van der Waals surface area contributed by atoms with Crippen LogP contribution in [0.15, 0.2) is 47.1 Å². The Balaban J connectivity index is 1.72. The summed E-state index contributed by atoms with van der Waals surface area (Å²) < 4.78 is 11.8. The molecule has 1 unspecified atom stereocenters. The summed E-state index contributed by atoms with van der Waals surface area (Å²) in [6.07, 6.45) is 0.910. The van der Waals surface area contributed by atoms with Crippen molar-refractivity contribution in [3.8, 4) is 11.5 Å². The number of nitrogens with one attached hydrogen (secondary N) is 1. The van der Waals surface area contributed by atoms with E-state index in [2.05, 4.69) is 26.2 Å². The fourth-order valence-electron chi connectivity index (χ4n) is 1.82. The summed E-state index contributed by atoms with van der Waals surface area (Å²) in [5.74, 6) is 1.38. The lowest BCUT2D eigenvalue weighted by molar-refractivity contribution is -0.125. The van der Waals surface area contributed by atoms with Gasteiger partial charge in [0.25, 0.3) is 5.91 Å². The lowest BCUT2D eigenvalue weighted by atomic mass is 10.2. The number of pyridine rings is 1. The maximum Gasteiger partial charge on any atom is 0.270 e. The predicted octanol–water partition coefficient (Wildman–Crippen LogP) is 2.62. The molecule has 20 heavy (non-hydrogen) atoms. The van der Waals surface area contributed by atoms with E-state index in [4.69, 9.17) is 9.47 Å². The molecule has 2 aromatic rings. The molecule has 0 bridgehead atoms.